The monoisotopic (exact) mass is 431 g/mol. The van der Waals surface area contributed by atoms with E-state index in [2.05, 4.69) is 9.97 Å². The maximum atomic E-state index is 12.8. The molecule has 9 heteroatoms. The van der Waals surface area contributed by atoms with Gasteiger partial charge in [0.2, 0.25) is 0 Å². The Morgan fingerprint density at radius 2 is 2.03 bits per heavy atom. The number of hydrogen-bond donors (Lipinski definition) is 0. The van der Waals surface area contributed by atoms with Crippen molar-refractivity contribution < 1.29 is 23.2 Å². The van der Waals surface area contributed by atoms with Gasteiger partial charge in [0.05, 0.1) is 34.4 Å². The van der Waals surface area contributed by atoms with Crippen LogP contribution >= 0.6 is 0 Å². The van der Waals surface area contributed by atoms with Crippen molar-refractivity contribution in [1.29, 1.82) is 0 Å². The topological polar surface area (TPSA) is 92.5 Å². The Kier molecular flexibility index (Phi) is 7.17. The minimum absolute atomic E-state index is 0.215. The molecule has 30 heavy (non-hydrogen) atoms. The van der Waals surface area contributed by atoms with Crippen molar-refractivity contribution in [3.63, 3.8) is 0 Å². The highest BCUT2D eigenvalue weighted by atomic mass is 32.2. The molecule has 8 nitrogen and oxygen atoms in total. The molecule has 0 saturated heterocycles. The molecule has 0 saturated carbocycles. The normalized spacial score (nSPS) is 12.1. The highest BCUT2D eigenvalue weighted by Gasteiger charge is 2.24. The molecule has 3 rings (SSSR count). The first-order valence-electron chi connectivity index (χ1n) is 9.59. The van der Waals surface area contributed by atoms with Crippen LogP contribution in [0.15, 0.2) is 35.4 Å². The summed E-state index contributed by atoms with van der Waals surface area (Å²) < 4.78 is 29.7. The van der Waals surface area contributed by atoms with E-state index in [1.54, 1.807) is 50.8 Å². The third-order valence-electron chi connectivity index (χ3n) is 4.52. The van der Waals surface area contributed by atoms with Gasteiger partial charge in [0.1, 0.15) is 17.0 Å². The molecule has 3 aromatic rings. The second-order valence-corrected chi connectivity index (χ2v) is 7.87. The van der Waals surface area contributed by atoms with Gasteiger partial charge in [0, 0.05) is 38.2 Å². The number of hydrogen-bond acceptors (Lipinski definition) is 7. The summed E-state index contributed by atoms with van der Waals surface area (Å²) >= 11 is 0. The fourth-order valence-corrected chi connectivity index (χ4v) is 3.82. The Hall–Kier alpha value is -2.78. The molecule has 0 aliphatic carbocycles. The molecule has 1 aromatic carbocycles. The molecule has 0 aliphatic heterocycles. The van der Waals surface area contributed by atoms with E-state index in [1.165, 1.54) is 4.57 Å². The summed E-state index contributed by atoms with van der Waals surface area (Å²) in [4.78, 5) is 22.4. The number of ether oxygens (including phenoxy) is 3. The van der Waals surface area contributed by atoms with Crippen LogP contribution in [0.4, 0.5) is 4.79 Å². The van der Waals surface area contributed by atoms with Crippen LogP contribution in [-0.4, -0.2) is 58.0 Å². The lowest BCUT2D eigenvalue weighted by Gasteiger charge is -2.13. The van der Waals surface area contributed by atoms with Crippen molar-refractivity contribution in [3.05, 3.63) is 36.0 Å². The van der Waals surface area contributed by atoms with E-state index in [-0.39, 0.29) is 6.61 Å². The van der Waals surface area contributed by atoms with E-state index in [4.69, 9.17) is 14.2 Å². The number of pyridine rings is 1. The standard InChI is InChI=1S/C21H25N3O5S/c1-5-28-21(25)24-15-8-6-9-17(30(4)26)19(15)23-20(24)18-14(2)16(10-11-22-18)29-13-7-12-27-3/h6,8-11H,5,7,12-13H2,1-4H3. The third kappa shape index (κ3) is 4.36. The average molecular weight is 432 g/mol. The number of rotatable bonds is 8. The summed E-state index contributed by atoms with van der Waals surface area (Å²) in [6.45, 7) is 4.91. The summed E-state index contributed by atoms with van der Waals surface area (Å²) in [6, 6.07) is 7.01. The van der Waals surface area contributed by atoms with E-state index < -0.39 is 16.9 Å². The van der Waals surface area contributed by atoms with E-state index in [0.717, 1.165) is 12.0 Å². The predicted molar refractivity (Wildman–Crippen MR) is 114 cm³/mol. The fraction of sp³-hybridized carbons (Fsp3) is 0.381. The molecule has 0 radical (unpaired) electrons. The number of methoxy groups -OCH3 is 1. The lowest BCUT2D eigenvalue weighted by molar-refractivity contribution is 0.155. The molecule has 160 valence electrons. The number of aromatic nitrogens is 3. The number of para-hydroxylation sites is 1. The molecule has 0 fully saturated rings. The van der Waals surface area contributed by atoms with E-state index in [1.807, 2.05) is 6.92 Å². The highest BCUT2D eigenvalue weighted by Crippen LogP contribution is 2.32. The molecule has 1 unspecified atom stereocenters. The molecule has 1 atom stereocenters. The predicted octanol–water partition coefficient (Wildman–Crippen LogP) is 3.56. The lowest BCUT2D eigenvalue weighted by Crippen LogP contribution is -2.15. The van der Waals surface area contributed by atoms with Crippen molar-refractivity contribution >= 4 is 27.9 Å². The first-order chi connectivity index (χ1) is 14.5. The summed E-state index contributed by atoms with van der Waals surface area (Å²) in [6.07, 6.45) is 3.37. The summed E-state index contributed by atoms with van der Waals surface area (Å²) in [5, 5.41) is 0. The fourth-order valence-electron chi connectivity index (χ4n) is 3.12. The summed E-state index contributed by atoms with van der Waals surface area (Å²) in [7, 11) is 0.373. The third-order valence-corrected chi connectivity index (χ3v) is 5.47. The van der Waals surface area contributed by atoms with E-state index in [0.29, 0.717) is 46.4 Å². The number of carbonyl (C=O) groups excluding carboxylic acids is 1. The zero-order valence-electron chi connectivity index (χ0n) is 17.5. The van der Waals surface area contributed by atoms with Crippen LogP contribution in [0, 0.1) is 6.92 Å². The minimum atomic E-state index is -1.27. The van der Waals surface area contributed by atoms with Gasteiger partial charge >= 0.3 is 6.09 Å². The number of fused-ring (bicyclic) bond motifs is 1. The van der Waals surface area contributed by atoms with Gasteiger partial charge in [-0.3, -0.25) is 9.19 Å². The van der Waals surface area contributed by atoms with Crippen LogP contribution in [0.2, 0.25) is 0 Å². The Balaban J connectivity index is 2.15. The summed E-state index contributed by atoms with van der Waals surface area (Å²) in [5.74, 6) is 0.971. The maximum Gasteiger partial charge on any atom is 0.420 e. The van der Waals surface area contributed by atoms with Gasteiger partial charge in [0.15, 0.2) is 5.82 Å². The lowest BCUT2D eigenvalue weighted by atomic mass is 10.2. The Labute approximate surface area is 177 Å². The summed E-state index contributed by atoms with van der Waals surface area (Å²) in [5.41, 5.74) is 2.24. The van der Waals surface area contributed by atoms with E-state index >= 15 is 0 Å². The van der Waals surface area contributed by atoms with Crippen molar-refractivity contribution in [2.24, 2.45) is 0 Å². The molecule has 2 aromatic heterocycles. The number of imidazole rings is 1. The van der Waals surface area contributed by atoms with Gasteiger partial charge < -0.3 is 14.2 Å². The maximum absolute atomic E-state index is 12.8. The molecule has 0 spiro atoms. The van der Waals surface area contributed by atoms with Crippen LogP contribution in [-0.2, 0) is 20.3 Å². The van der Waals surface area contributed by atoms with Gasteiger partial charge in [-0.1, -0.05) is 6.07 Å². The van der Waals surface area contributed by atoms with Crippen LogP contribution < -0.4 is 4.74 Å². The Morgan fingerprint density at radius 1 is 1.23 bits per heavy atom. The first kappa shape index (κ1) is 21.9. The number of carbonyl (C=O) groups is 1. The van der Waals surface area contributed by atoms with Gasteiger partial charge in [-0.05, 0) is 32.0 Å². The van der Waals surface area contributed by atoms with Crippen molar-refractivity contribution in [2.75, 3.05) is 33.2 Å². The quantitative estimate of drug-likeness (QED) is 0.504. The average Bonchev–Trinajstić information content (AvgIpc) is 3.11. The molecule has 0 amide bonds. The molecule has 0 N–H and O–H groups in total. The van der Waals surface area contributed by atoms with E-state index in [9.17, 15) is 9.00 Å². The van der Waals surface area contributed by atoms with Crippen molar-refractivity contribution in [2.45, 2.75) is 25.2 Å². The van der Waals surface area contributed by atoms with Crippen molar-refractivity contribution in [3.8, 4) is 17.3 Å². The second-order valence-electron chi connectivity index (χ2n) is 6.53. The van der Waals surface area contributed by atoms with Gasteiger partial charge in [-0.15, -0.1) is 0 Å². The second kappa shape index (κ2) is 9.82. The highest BCUT2D eigenvalue weighted by molar-refractivity contribution is 7.84. The molecule has 0 bridgehead atoms. The molecular formula is C21H25N3O5S. The Morgan fingerprint density at radius 3 is 2.73 bits per heavy atom. The van der Waals surface area contributed by atoms with Crippen LogP contribution in [0.5, 0.6) is 5.75 Å². The molecule has 2 heterocycles. The van der Waals surface area contributed by atoms with Gasteiger partial charge in [0.25, 0.3) is 0 Å². The smallest absolute Gasteiger partial charge is 0.420 e. The zero-order valence-corrected chi connectivity index (χ0v) is 18.3. The van der Waals surface area contributed by atoms with Crippen LogP contribution in [0.25, 0.3) is 22.6 Å². The molecular weight excluding hydrogens is 406 g/mol. The van der Waals surface area contributed by atoms with Crippen LogP contribution in [0.1, 0.15) is 18.9 Å². The SMILES string of the molecule is CCOC(=O)n1c(-c2nccc(OCCCOC)c2C)nc2c(S(C)=O)cccc21. The Bertz CT molecular complexity index is 1080. The zero-order chi connectivity index (χ0) is 21.7. The minimum Gasteiger partial charge on any atom is -0.493 e. The van der Waals surface area contributed by atoms with Crippen molar-refractivity contribution in [1.82, 2.24) is 14.5 Å². The van der Waals surface area contributed by atoms with Crippen LogP contribution in [0.3, 0.4) is 0 Å². The number of nitrogens with zero attached hydrogens (tertiary/aromatic N) is 3. The van der Waals surface area contributed by atoms with Gasteiger partial charge in [-0.2, -0.15) is 0 Å². The first-order valence-corrected chi connectivity index (χ1v) is 11.1. The van der Waals surface area contributed by atoms with Gasteiger partial charge in [-0.25, -0.2) is 14.3 Å². The largest absolute Gasteiger partial charge is 0.493 e. The molecule has 0 aliphatic rings. The number of benzene rings is 1.